The Morgan fingerprint density at radius 3 is 2.62 bits per heavy atom. The van der Waals surface area contributed by atoms with Gasteiger partial charge in [-0.15, -0.1) is 0 Å². The summed E-state index contributed by atoms with van der Waals surface area (Å²) in [6.07, 6.45) is 1.05. The monoisotopic (exact) mass is 252 g/mol. The van der Waals surface area contributed by atoms with Gasteiger partial charge in [0.05, 0.1) is 0 Å². The van der Waals surface area contributed by atoms with Crippen molar-refractivity contribution in [3.8, 4) is 0 Å². The van der Waals surface area contributed by atoms with Gasteiger partial charge in [0.25, 0.3) is 0 Å². The van der Waals surface area contributed by atoms with Crippen molar-refractivity contribution in [1.82, 2.24) is 5.06 Å². The van der Waals surface area contributed by atoms with Crippen LogP contribution < -0.4 is 0 Å². The summed E-state index contributed by atoms with van der Waals surface area (Å²) in [4.78, 5) is 4.36. The van der Waals surface area contributed by atoms with Gasteiger partial charge in [-0.3, -0.25) is 0 Å². The topological polar surface area (TPSA) is 35.8 Å². The van der Waals surface area contributed by atoms with E-state index in [2.05, 4.69) is 34.9 Å². The van der Waals surface area contributed by atoms with E-state index in [4.69, 9.17) is 5.21 Å². The van der Waals surface area contributed by atoms with Gasteiger partial charge in [0.15, 0.2) is 0 Å². The van der Waals surface area contributed by atoms with Gasteiger partial charge in [-0.25, -0.2) is 0 Å². The number of aliphatic imine (C=N–C) groups is 1. The van der Waals surface area contributed by atoms with Crippen LogP contribution in [0, 0.1) is 5.92 Å². The molecule has 0 bridgehead atoms. The number of hydroxylamine groups is 2. The zero-order valence-corrected chi connectivity index (χ0v) is 10.6. The van der Waals surface area contributed by atoms with Gasteiger partial charge in [0, 0.05) is 0 Å². The first-order valence-corrected chi connectivity index (χ1v) is 5.93. The quantitative estimate of drug-likeness (QED) is 0.435. The molecule has 78 valence electrons. The molecule has 4 heteroatoms. The van der Waals surface area contributed by atoms with Gasteiger partial charge < -0.3 is 0 Å². The summed E-state index contributed by atoms with van der Waals surface area (Å²) >= 11 is 2.33. The fourth-order valence-corrected chi connectivity index (χ4v) is 1.38. The van der Waals surface area contributed by atoms with Gasteiger partial charge in [0.2, 0.25) is 0 Å². The Kier molecular flexibility index (Phi) is 7.57. The van der Waals surface area contributed by atoms with Crippen molar-refractivity contribution >= 4 is 21.7 Å². The zero-order valence-electron chi connectivity index (χ0n) is 8.69. The van der Waals surface area contributed by atoms with E-state index in [-0.39, 0.29) is 0 Å². The first-order valence-electron chi connectivity index (χ1n) is 4.61. The average molecular weight is 251 g/mol. The summed E-state index contributed by atoms with van der Waals surface area (Å²) in [5, 5.41) is 10.4. The van der Waals surface area contributed by atoms with Crippen molar-refractivity contribution in [2.24, 2.45) is 10.9 Å². The molecule has 0 atom stereocenters. The van der Waals surface area contributed by atoms with E-state index in [1.54, 1.807) is 0 Å². The van der Waals surface area contributed by atoms with Crippen molar-refractivity contribution in [3.05, 3.63) is 0 Å². The summed E-state index contributed by atoms with van der Waals surface area (Å²) < 4.78 is 0. The maximum absolute atomic E-state index is 9.10. The van der Waals surface area contributed by atoms with E-state index in [1.165, 1.54) is 10.8 Å². The van der Waals surface area contributed by atoms with E-state index < -0.39 is 0 Å². The van der Waals surface area contributed by atoms with Crippen LogP contribution in [0.1, 0.15) is 27.2 Å². The third-order valence-electron chi connectivity index (χ3n) is 1.61. The van der Waals surface area contributed by atoms with Crippen LogP contribution in [0.2, 0.25) is 0 Å². The molecule has 0 heterocycles. The van der Waals surface area contributed by atoms with Gasteiger partial charge in [-0.2, -0.15) is 0 Å². The Morgan fingerprint density at radius 1 is 1.54 bits per heavy atom. The number of hydrogen-bond donors (Lipinski definition) is 1. The fourth-order valence-electron chi connectivity index (χ4n) is 1.08. The zero-order chi connectivity index (χ0) is 10.3. The van der Waals surface area contributed by atoms with E-state index in [9.17, 15) is 0 Å². The molecule has 0 amide bonds. The molecule has 0 fully saturated rings. The maximum atomic E-state index is 9.10. The second-order valence-electron chi connectivity index (χ2n) is 3.59. The van der Waals surface area contributed by atoms with Crippen LogP contribution in [-0.4, -0.2) is 50.5 Å². The molecule has 3 nitrogen and oxygen atoms in total. The van der Waals surface area contributed by atoms with Crippen molar-refractivity contribution in [2.45, 2.75) is 27.2 Å². The number of nitrogens with zero attached hydrogens (tertiary/aromatic N) is 2. The van der Waals surface area contributed by atoms with Gasteiger partial charge in [-0.1, -0.05) is 0 Å². The molecule has 0 saturated heterocycles. The molecule has 0 aliphatic carbocycles. The van der Waals surface area contributed by atoms with Crippen LogP contribution in [0.4, 0.5) is 0 Å². The molecule has 0 rings (SSSR count). The fraction of sp³-hybridized carbons (Fsp3) is 0.889. The predicted octanol–water partition coefficient (Wildman–Crippen LogP) is 1.04. The first-order chi connectivity index (χ1) is 6.06. The molecule has 0 spiro atoms. The second kappa shape index (κ2) is 7.51. The Balaban J connectivity index is 3.58. The summed E-state index contributed by atoms with van der Waals surface area (Å²) in [5.41, 5.74) is 1.78. The minimum absolute atomic E-state index is 0.603. The summed E-state index contributed by atoms with van der Waals surface area (Å²) in [5.74, 6) is 0.664. The van der Waals surface area contributed by atoms with E-state index in [1.807, 2.05) is 6.92 Å². The number of rotatable bonds is 6. The van der Waals surface area contributed by atoms with Crippen LogP contribution in [0.3, 0.4) is 0 Å². The molecule has 0 unspecified atom stereocenters. The molecular formula is C9H20N2OSe. The van der Waals surface area contributed by atoms with Crippen molar-refractivity contribution in [1.29, 1.82) is 0 Å². The Hall–Kier alpha value is 0.109. The molecule has 1 N–H and O–H groups in total. The molecular weight excluding hydrogens is 231 g/mol. The standard InChI is InChI=1S/C9H20N2OSe/c1-8(2)6-9(3)10-4-5-11(12)7-13/h8,12-13H,4-7H2,1-3H3/b10-9+. The molecule has 0 aromatic heterocycles. The van der Waals surface area contributed by atoms with Crippen LogP contribution in [-0.2, 0) is 0 Å². The van der Waals surface area contributed by atoms with E-state index >= 15 is 0 Å². The third kappa shape index (κ3) is 8.44. The Morgan fingerprint density at radius 2 is 2.15 bits per heavy atom. The van der Waals surface area contributed by atoms with Crippen molar-refractivity contribution in [3.63, 3.8) is 0 Å². The molecule has 0 aromatic carbocycles. The average Bonchev–Trinajstić information content (AvgIpc) is 2.02. The van der Waals surface area contributed by atoms with Crippen molar-refractivity contribution in [2.75, 3.05) is 18.5 Å². The molecule has 0 saturated carbocycles. The van der Waals surface area contributed by atoms with Gasteiger partial charge in [0.1, 0.15) is 0 Å². The number of hydrogen-bond acceptors (Lipinski definition) is 3. The summed E-state index contributed by atoms with van der Waals surface area (Å²) in [6, 6.07) is 0. The third-order valence-corrected chi connectivity index (χ3v) is 2.29. The van der Waals surface area contributed by atoms with Crippen LogP contribution in [0.25, 0.3) is 0 Å². The first kappa shape index (κ1) is 13.1. The summed E-state index contributed by atoms with van der Waals surface area (Å²) in [6.45, 7) is 7.71. The molecule has 0 aliphatic rings. The Bertz CT molecular complexity index is 160. The van der Waals surface area contributed by atoms with Gasteiger partial charge >= 0.3 is 88.6 Å². The van der Waals surface area contributed by atoms with E-state index in [0.29, 0.717) is 24.5 Å². The minimum atomic E-state index is 0.603. The molecule has 0 radical (unpaired) electrons. The predicted molar refractivity (Wildman–Crippen MR) is 57.9 cm³/mol. The molecule has 13 heavy (non-hydrogen) atoms. The summed E-state index contributed by atoms with van der Waals surface area (Å²) in [7, 11) is 0. The Labute approximate surface area is 89.0 Å². The molecule has 0 aromatic rings. The van der Waals surface area contributed by atoms with Crippen LogP contribution in [0.15, 0.2) is 4.99 Å². The molecule has 0 aliphatic heterocycles. The van der Waals surface area contributed by atoms with Crippen LogP contribution >= 0.6 is 0 Å². The van der Waals surface area contributed by atoms with Crippen LogP contribution in [0.5, 0.6) is 0 Å². The normalized spacial score (nSPS) is 13.0. The van der Waals surface area contributed by atoms with Gasteiger partial charge in [-0.05, 0) is 0 Å². The van der Waals surface area contributed by atoms with E-state index in [0.717, 1.165) is 6.42 Å². The SMILES string of the molecule is C/C(CC(C)C)=N\CCN(O)C[SeH]. The van der Waals surface area contributed by atoms with Crippen molar-refractivity contribution < 1.29 is 5.21 Å². The second-order valence-corrected chi connectivity index (χ2v) is 4.18.